The fourth-order valence-electron chi connectivity index (χ4n) is 1.24. The van der Waals surface area contributed by atoms with Gasteiger partial charge in [0.15, 0.2) is 0 Å². The first-order chi connectivity index (χ1) is 7.56. The molecule has 0 aromatic rings. The SMILES string of the molecule is CC[C@H](C)[C@H](N)C(=O)NCC(COC)OC. The Labute approximate surface area is 97.7 Å². The summed E-state index contributed by atoms with van der Waals surface area (Å²) in [5, 5.41) is 2.76. The van der Waals surface area contributed by atoms with E-state index < -0.39 is 6.04 Å². The first-order valence-corrected chi connectivity index (χ1v) is 5.61. The van der Waals surface area contributed by atoms with Crippen LogP contribution < -0.4 is 11.1 Å². The van der Waals surface area contributed by atoms with Gasteiger partial charge < -0.3 is 20.5 Å². The van der Waals surface area contributed by atoms with Gasteiger partial charge in [-0.2, -0.15) is 0 Å². The third-order valence-corrected chi connectivity index (χ3v) is 2.75. The van der Waals surface area contributed by atoms with Crippen molar-refractivity contribution in [3.8, 4) is 0 Å². The minimum absolute atomic E-state index is 0.127. The molecule has 0 radical (unpaired) electrons. The van der Waals surface area contributed by atoms with Crippen LogP contribution >= 0.6 is 0 Å². The summed E-state index contributed by atoms with van der Waals surface area (Å²) in [7, 11) is 3.18. The quantitative estimate of drug-likeness (QED) is 0.624. The lowest BCUT2D eigenvalue weighted by molar-refractivity contribution is -0.124. The highest BCUT2D eigenvalue weighted by Gasteiger charge is 2.20. The molecule has 5 nitrogen and oxygen atoms in total. The van der Waals surface area contributed by atoms with Crippen LogP contribution in [0.2, 0.25) is 0 Å². The second-order valence-electron chi connectivity index (χ2n) is 3.97. The summed E-state index contributed by atoms with van der Waals surface area (Å²) in [6.45, 7) is 4.86. The first kappa shape index (κ1) is 15.3. The number of hydrogen-bond donors (Lipinski definition) is 2. The highest BCUT2D eigenvalue weighted by Crippen LogP contribution is 2.05. The summed E-state index contributed by atoms with van der Waals surface area (Å²) in [6, 6.07) is -0.454. The number of rotatable bonds is 8. The lowest BCUT2D eigenvalue weighted by Crippen LogP contribution is -2.47. The van der Waals surface area contributed by atoms with Crippen molar-refractivity contribution < 1.29 is 14.3 Å². The Kier molecular flexibility index (Phi) is 8.15. The second kappa shape index (κ2) is 8.50. The molecular weight excluding hydrogens is 208 g/mol. The van der Waals surface area contributed by atoms with Gasteiger partial charge in [0.1, 0.15) is 0 Å². The molecule has 0 aromatic carbocycles. The maximum absolute atomic E-state index is 11.6. The van der Waals surface area contributed by atoms with Crippen LogP contribution in [0, 0.1) is 5.92 Å². The Balaban J connectivity index is 3.95. The Morgan fingerprint density at radius 3 is 2.50 bits per heavy atom. The van der Waals surface area contributed by atoms with Crippen LogP contribution in [0.3, 0.4) is 0 Å². The van der Waals surface area contributed by atoms with Gasteiger partial charge in [-0.1, -0.05) is 20.3 Å². The third-order valence-electron chi connectivity index (χ3n) is 2.75. The first-order valence-electron chi connectivity index (χ1n) is 5.61. The van der Waals surface area contributed by atoms with Crippen LogP contribution in [-0.4, -0.2) is 45.4 Å². The van der Waals surface area contributed by atoms with E-state index in [9.17, 15) is 4.79 Å². The number of amides is 1. The minimum atomic E-state index is -0.454. The van der Waals surface area contributed by atoms with Crippen LogP contribution in [0.25, 0.3) is 0 Å². The monoisotopic (exact) mass is 232 g/mol. The highest BCUT2D eigenvalue weighted by atomic mass is 16.5. The highest BCUT2D eigenvalue weighted by molar-refractivity contribution is 5.81. The zero-order chi connectivity index (χ0) is 12.6. The molecule has 0 heterocycles. The Morgan fingerprint density at radius 1 is 1.44 bits per heavy atom. The van der Waals surface area contributed by atoms with Crippen molar-refractivity contribution in [2.45, 2.75) is 32.4 Å². The van der Waals surface area contributed by atoms with Crippen molar-refractivity contribution in [2.24, 2.45) is 11.7 Å². The smallest absolute Gasteiger partial charge is 0.237 e. The zero-order valence-corrected chi connectivity index (χ0v) is 10.7. The normalized spacial score (nSPS) is 16.6. The molecule has 3 N–H and O–H groups in total. The van der Waals surface area contributed by atoms with E-state index in [0.29, 0.717) is 13.2 Å². The standard InChI is InChI=1S/C11H24N2O3/c1-5-8(2)10(12)11(14)13-6-9(16-4)7-15-3/h8-10H,5-7,12H2,1-4H3,(H,13,14)/t8-,9?,10-/m0/s1. The van der Waals surface area contributed by atoms with Gasteiger partial charge >= 0.3 is 0 Å². The summed E-state index contributed by atoms with van der Waals surface area (Å²) >= 11 is 0. The number of nitrogens with one attached hydrogen (secondary N) is 1. The molecule has 96 valence electrons. The second-order valence-corrected chi connectivity index (χ2v) is 3.97. The van der Waals surface area contributed by atoms with Gasteiger partial charge in [0, 0.05) is 20.8 Å². The topological polar surface area (TPSA) is 73.6 Å². The van der Waals surface area contributed by atoms with E-state index in [1.807, 2.05) is 13.8 Å². The van der Waals surface area contributed by atoms with Gasteiger partial charge in [0.25, 0.3) is 0 Å². The number of carbonyl (C=O) groups excluding carboxylic acids is 1. The van der Waals surface area contributed by atoms with Gasteiger partial charge in [-0.05, 0) is 5.92 Å². The van der Waals surface area contributed by atoms with Crippen molar-refractivity contribution in [3.05, 3.63) is 0 Å². The van der Waals surface area contributed by atoms with E-state index >= 15 is 0 Å². The lowest BCUT2D eigenvalue weighted by atomic mass is 9.99. The molecule has 0 fully saturated rings. The number of nitrogens with two attached hydrogens (primary N) is 1. The molecule has 0 aliphatic rings. The van der Waals surface area contributed by atoms with Crippen LogP contribution in [-0.2, 0) is 14.3 Å². The molecule has 0 rings (SSSR count). The molecule has 0 bridgehead atoms. The molecule has 0 aromatic heterocycles. The van der Waals surface area contributed by atoms with Crippen LogP contribution in [0.5, 0.6) is 0 Å². The lowest BCUT2D eigenvalue weighted by Gasteiger charge is -2.20. The number of ether oxygens (including phenoxy) is 2. The van der Waals surface area contributed by atoms with Crippen LogP contribution in [0.1, 0.15) is 20.3 Å². The van der Waals surface area contributed by atoms with Crippen molar-refractivity contribution in [1.29, 1.82) is 0 Å². The molecule has 1 unspecified atom stereocenters. The van der Waals surface area contributed by atoms with Gasteiger partial charge in [0.05, 0.1) is 18.8 Å². The molecule has 3 atom stereocenters. The average Bonchev–Trinajstić information content (AvgIpc) is 2.31. The van der Waals surface area contributed by atoms with Crippen LogP contribution in [0.4, 0.5) is 0 Å². The summed E-state index contributed by atoms with van der Waals surface area (Å²) < 4.78 is 10.1. The van der Waals surface area contributed by atoms with Crippen LogP contribution in [0.15, 0.2) is 0 Å². The molecule has 1 amide bonds. The maximum atomic E-state index is 11.6. The third kappa shape index (κ3) is 5.44. The molecule has 0 saturated carbocycles. The molecule has 0 saturated heterocycles. The molecule has 5 heteroatoms. The van der Waals surface area contributed by atoms with E-state index in [2.05, 4.69) is 5.32 Å². The van der Waals surface area contributed by atoms with Gasteiger partial charge in [-0.25, -0.2) is 0 Å². The molecule has 16 heavy (non-hydrogen) atoms. The molecule has 0 aliphatic carbocycles. The van der Waals surface area contributed by atoms with Gasteiger partial charge in [-0.15, -0.1) is 0 Å². The Hall–Kier alpha value is -0.650. The fraction of sp³-hybridized carbons (Fsp3) is 0.909. The zero-order valence-electron chi connectivity index (χ0n) is 10.7. The van der Waals surface area contributed by atoms with E-state index in [1.165, 1.54) is 0 Å². The summed E-state index contributed by atoms with van der Waals surface area (Å²) in [5.41, 5.74) is 5.79. The fourth-order valence-corrected chi connectivity index (χ4v) is 1.24. The summed E-state index contributed by atoms with van der Waals surface area (Å²) in [5.74, 6) is 0.0518. The number of methoxy groups -OCH3 is 2. The van der Waals surface area contributed by atoms with Crippen molar-refractivity contribution >= 4 is 5.91 Å². The summed E-state index contributed by atoms with van der Waals surface area (Å²) in [6.07, 6.45) is 0.762. The molecule has 0 aliphatic heterocycles. The van der Waals surface area contributed by atoms with Gasteiger partial charge in [-0.3, -0.25) is 4.79 Å². The minimum Gasteiger partial charge on any atom is -0.382 e. The van der Waals surface area contributed by atoms with Crippen molar-refractivity contribution in [1.82, 2.24) is 5.32 Å². The van der Waals surface area contributed by atoms with E-state index in [1.54, 1.807) is 14.2 Å². The maximum Gasteiger partial charge on any atom is 0.237 e. The number of carbonyl (C=O) groups is 1. The Bertz CT molecular complexity index is 200. The van der Waals surface area contributed by atoms with Gasteiger partial charge in [0.2, 0.25) is 5.91 Å². The van der Waals surface area contributed by atoms with Crippen molar-refractivity contribution in [2.75, 3.05) is 27.4 Å². The van der Waals surface area contributed by atoms with E-state index in [-0.39, 0.29) is 17.9 Å². The average molecular weight is 232 g/mol. The van der Waals surface area contributed by atoms with E-state index in [4.69, 9.17) is 15.2 Å². The summed E-state index contributed by atoms with van der Waals surface area (Å²) in [4.78, 5) is 11.6. The van der Waals surface area contributed by atoms with Crippen molar-refractivity contribution in [3.63, 3.8) is 0 Å². The Morgan fingerprint density at radius 2 is 2.06 bits per heavy atom. The molecular formula is C11H24N2O3. The largest absolute Gasteiger partial charge is 0.382 e. The number of hydrogen-bond acceptors (Lipinski definition) is 4. The predicted octanol–water partition coefficient (Wildman–Crippen LogP) is 0.137. The molecule has 0 spiro atoms. The van der Waals surface area contributed by atoms with E-state index in [0.717, 1.165) is 6.42 Å². The predicted molar refractivity (Wildman–Crippen MR) is 63.1 cm³/mol.